The van der Waals surface area contributed by atoms with Gasteiger partial charge in [0.15, 0.2) is 4.47 Å². The SMILES string of the molecule is CCS(=O)(=O)Oc1sc(Cl)nc1C(F)(F)F. The minimum atomic E-state index is -4.80. The molecule has 92 valence electrons. The summed E-state index contributed by atoms with van der Waals surface area (Å²) in [6.07, 6.45) is -4.80. The van der Waals surface area contributed by atoms with Crippen molar-refractivity contribution in [3.05, 3.63) is 10.2 Å². The second-order valence-corrected chi connectivity index (χ2v) is 5.93. The third kappa shape index (κ3) is 3.22. The molecule has 1 heterocycles. The van der Waals surface area contributed by atoms with Crippen LogP contribution in [-0.4, -0.2) is 19.2 Å². The zero-order valence-corrected chi connectivity index (χ0v) is 10.1. The van der Waals surface area contributed by atoms with Crippen molar-refractivity contribution in [2.75, 3.05) is 5.75 Å². The lowest BCUT2D eigenvalue weighted by molar-refractivity contribution is -0.141. The molecule has 1 rings (SSSR count). The lowest BCUT2D eigenvalue weighted by Gasteiger charge is -2.06. The van der Waals surface area contributed by atoms with Crippen LogP contribution in [0.15, 0.2) is 0 Å². The van der Waals surface area contributed by atoms with E-state index in [9.17, 15) is 21.6 Å². The molecule has 0 aromatic carbocycles. The summed E-state index contributed by atoms with van der Waals surface area (Å²) in [5.74, 6) is -0.445. The highest BCUT2D eigenvalue weighted by Crippen LogP contribution is 2.41. The number of hydrogen-bond acceptors (Lipinski definition) is 5. The molecule has 0 aliphatic heterocycles. The van der Waals surface area contributed by atoms with Crippen molar-refractivity contribution in [3.8, 4) is 5.06 Å². The number of rotatable bonds is 3. The Hall–Kier alpha value is -0.540. The largest absolute Gasteiger partial charge is 0.438 e. The van der Waals surface area contributed by atoms with Gasteiger partial charge in [0.2, 0.25) is 10.8 Å². The minimum Gasteiger partial charge on any atom is -0.369 e. The molecule has 16 heavy (non-hydrogen) atoms. The number of alkyl halides is 3. The van der Waals surface area contributed by atoms with Gasteiger partial charge in [-0.2, -0.15) is 21.6 Å². The predicted octanol–water partition coefficient (Wildman–Crippen LogP) is 2.54. The maximum atomic E-state index is 12.4. The van der Waals surface area contributed by atoms with Gasteiger partial charge in [0.05, 0.1) is 5.75 Å². The monoisotopic (exact) mass is 295 g/mol. The van der Waals surface area contributed by atoms with Crippen LogP contribution in [0, 0.1) is 0 Å². The van der Waals surface area contributed by atoms with Gasteiger partial charge in [-0.1, -0.05) is 22.9 Å². The first-order valence-electron chi connectivity index (χ1n) is 3.81. The molecule has 0 saturated heterocycles. The number of aromatic nitrogens is 1. The summed E-state index contributed by atoms with van der Waals surface area (Å²) in [4.78, 5) is 2.97. The summed E-state index contributed by atoms with van der Waals surface area (Å²) < 4.78 is 62.9. The Bertz CT molecular complexity index is 482. The molecular formula is C6H5ClF3NO3S2. The average molecular weight is 296 g/mol. The fourth-order valence-corrected chi connectivity index (χ4v) is 2.41. The Morgan fingerprint density at radius 1 is 1.50 bits per heavy atom. The Labute approximate surface area is 98.1 Å². The van der Waals surface area contributed by atoms with Gasteiger partial charge in [-0.25, -0.2) is 4.98 Å². The Morgan fingerprint density at radius 3 is 2.50 bits per heavy atom. The quantitative estimate of drug-likeness (QED) is 0.804. The number of halogens is 4. The molecular weight excluding hydrogens is 291 g/mol. The summed E-state index contributed by atoms with van der Waals surface area (Å²) in [5, 5.41) is -0.862. The number of thiazole rings is 1. The maximum Gasteiger partial charge on any atom is 0.438 e. The van der Waals surface area contributed by atoms with Crippen LogP contribution in [0.1, 0.15) is 12.6 Å². The van der Waals surface area contributed by atoms with E-state index in [1.165, 1.54) is 6.92 Å². The zero-order valence-electron chi connectivity index (χ0n) is 7.71. The van der Waals surface area contributed by atoms with Crippen molar-refractivity contribution >= 4 is 33.1 Å². The maximum absolute atomic E-state index is 12.4. The van der Waals surface area contributed by atoms with Crippen LogP contribution in [0.2, 0.25) is 4.47 Å². The van der Waals surface area contributed by atoms with Crippen molar-refractivity contribution in [2.24, 2.45) is 0 Å². The van der Waals surface area contributed by atoms with Gasteiger partial charge in [-0.15, -0.1) is 0 Å². The lowest BCUT2D eigenvalue weighted by atomic mass is 10.5. The van der Waals surface area contributed by atoms with Gasteiger partial charge < -0.3 is 4.18 Å². The summed E-state index contributed by atoms with van der Waals surface area (Å²) in [6, 6.07) is 0. The van der Waals surface area contributed by atoms with Crippen LogP contribution in [0.5, 0.6) is 5.06 Å². The van der Waals surface area contributed by atoms with E-state index in [2.05, 4.69) is 9.17 Å². The fraction of sp³-hybridized carbons (Fsp3) is 0.500. The first-order chi connectivity index (χ1) is 7.15. The molecule has 0 aliphatic carbocycles. The molecule has 0 bridgehead atoms. The topological polar surface area (TPSA) is 56.3 Å². The van der Waals surface area contributed by atoms with Crippen LogP contribution in [0.25, 0.3) is 0 Å². The van der Waals surface area contributed by atoms with E-state index in [0.717, 1.165) is 0 Å². The summed E-state index contributed by atoms with van der Waals surface area (Å²) in [7, 11) is -4.03. The predicted molar refractivity (Wildman–Crippen MR) is 52.2 cm³/mol. The number of hydrogen-bond donors (Lipinski definition) is 0. The van der Waals surface area contributed by atoms with Crippen LogP contribution >= 0.6 is 22.9 Å². The third-order valence-corrected chi connectivity index (χ3v) is 3.67. The van der Waals surface area contributed by atoms with Crippen molar-refractivity contribution in [1.29, 1.82) is 0 Å². The average Bonchev–Trinajstić information content (AvgIpc) is 2.45. The Kier molecular flexibility index (Phi) is 3.70. The normalized spacial score (nSPS) is 12.8. The first kappa shape index (κ1) is 13.5. The van der Waals surface area contributed by atoms with Crippen LogP contribution in [0.3, 0.4) is 0 Å². The van der Waals surface area contributed by atoms with Crippen LogP contribution in [-0.2, 0) is 16.3 Å². The molecule has 1 aromatic heterocycles. The molecule has 4 nitrogen and oxygen atoms in total. The minimum absolute atomic E-state index is 0.316. The standard InChI is InChI=1S/C6H5ClF3NO3S2/c1-2-16(12,13)14-4-3(6(8,9)10)11-5(7)15-4/h2H2,1H3. The van der Waals surface area contributed by atoms with Gasteiger partial charge in [0.1, 0.15) is 0 Å². The van der Waals surface area contributed by atoms with Gasteiger partial charge in [0, 0.05) is 0 Å². The third-order valence-electron chi connectivity index (χ3n) is 1.39. The van der Waals surface area contributed by atoms with Crippen molar-refractivity contribution in [2.45, 2.75) is 13.1 Å². The van der Waals surface area contributed by atoms with E-state index in [1.807, 2.05) is 0 Å². The van der Waals surface area contributed by atoms with E-state index in [0.29, 0.717) is 11.3 Å². The molecule has 0 N–H and O–H groups in total. The first-order valence-corrected chi connectivity index (χ1v) is 6.58. The van der Waals surface area contributed by atoms with E-state index in [1.54, 1.807) is 0 Å². The van der Waals surface area contributed by atoms with Gasteiger partial charge in [0.25, 0.3) is 0 Å². The summed E-state index contributed by atoms with van der Waals surface area (Å²) >= 11 is 5.59. The highest BCUT2D eigenvalue weighted by Gasteiger charge is 2.39. The molecule has 0 atom stereocenters. The van der Waals surface area contributed by atoms with E-state index in [4.69, 9.17) is 11.6 Å². The second kappa shape index (κ2) is 4.38. The van der Waals surface area contributed by atoms with Crippen LogP contribution in [0.4, 0.5) is 13.2 Å². The molecule has 0 spiro atoms. The lowest BCUT2D eigenvalue weighted by Crippen LogP contribution is -2.14. The van der Waals surface area contributed by atoms with E-state index in [-0.39, 0.29) is 0 Å². The Balaban J connectivity index is 3.15. The molecule has 0 unspecified atom stereocenters. The van der Waals surface area contributed by atoms with E-state index >= 15 is 0 Å². The van der Waals surface area contributed by atoms with Crippen molar-refractivity contribution in [1.82, 2.24) is 4.98 Å². The van der Waals surface area contributed by atoms with Crippen LogP contribution < -0.4 is 4.18 Å². The summed E-state index contributed by atoms with van der Waals surface area (Å²) in [6.45, 7) is 1.24. The molecule has 0 fully saturated rings. The summed E-state index contributed by atoms with van der Waals surface area (Å²) in [5.41, 5.74) is -1.43. The molecule has 0 radical (unpaired) electrons. The fourth-order valence-electron chi connectivity index (χ4n) is 0.691. The van der Waals surface area contributed by atoms with Gasteiger partial charge >= 0.3 is 16.3 Å². The smallest absolute Gasteiger partial charge is 0.369 e. The molecule has 10 heteroatoms. The second-order valence-electron chi connectivity index (χ2n) is 2.53. The van der Waals surface area contributed by atoms with Gasteiger partial charge in [-0.3, -0.25) is 0 Å². The highest BCUT2D eigenvalue weighted by atomic mass is 35.5. The molecule has 0 amide bonds. The molecule has 0 saturated carbocycles. The highest BCUT2D eigenvalue weighted by molar-refractivity contribution is 7.87. The zero-order chi connectivity index (χ0) is 12.6. The Morgan fingerprint density at radius 2 is 2.06 bits per heavy atom. The molecule has 1 aromatic rings. The van der Waals surface area contributed by atoms with E-state index < -0.39 is 37.3 Å². The van der Waals surface area contributed by atoms with Crippen molar-refractivity contribution in [3.63, 3.8) is 0 Å². The van der Waals surface area contributed by atoms with Crippen molar-refractivity contribution < 1.29 is 25.8 Å². The number of nitrogens with zero attached hydrogens (tertiary/aromatic N) is 1. The van der Waals surface area contributed by atoms with Gasteiger partial charge in [-0.05, 0) is 6.92 Å². The molecule has 0 aliphatic rings.